The number of benzene rings is 1. The van der Waals surface area contributed by atoms with Gasteiger partial charge in [0.1, 0.15) is 0 Å². The largest absolute Gasteiger partial charge is 0.417 e. The molecule has 1 aromatic carbocycles. The van der Waals surface area contributed by atoms with Crippen molar-refractivity contribution in [2.24, 2.45) is 0 Å². The third kappa shape index (κ3) is 3.56. The molecule has 30 heavy (non-hydrogen) atoms. The Hall–Kier alpha value is -2.87. The van der Waals surface area contributed by atoms with Gasteiger partial charge in [0.15, 0.2) is 5.65 Å². The Labute approximate surface area is 176 Å². The summed E-state index contributed by atoms with van der Waals surface area (Å²) in [6.07, 6.45) is -2.99. The van der Waals surface area contributed by atoms with Crippen molar-refractivity contribution in [2.45, 2.75) is 40.0 Å². The summed E-state index contributed by atoms with van der Waals surface area (Å²) in [5, 5.41) is 9.16. The fraction of sp³-hybridized carbons (Fsp3) is 0.286. The number of aryl methyl sites for hydroxylation is 2. The van der Waals surface area contributed by atoms with Crippen molar-refractivity contribution in [1.82, 2.24) is 24.5 Å². The minimum absolute atomic E-state index is 0.00816. The van der Waals surface area contributed by atoms with Gasteiger partial charge in [-0.2, -0.15) is 23.4 Å². The molecule has 0 unspecified atom stereocenters. The van der Waals surface area contributed by atoms with E-state index in [1.807, 2.05) is 19.9 Å². The molecule has 4 aromatic rings. The van der Waals surface area contributed by atoms with Gasteiger partial charge in [-0.3, -0.25) is 4.68 Å². The maximum atomic E-state index is 14.0. The molecule has 0 bridgehead atoms. The normalized spacial score (nSPS) is 12.1. The van der Waals surface area contributed by atoms with Crippen LogP contribution in [0.2, 0.25) is 5.02 Å². The lowest BCUT2D eigenvalue weighted by molar-refractivity contribution is -0.136. The number of hydrogen-bond acceptors (Lipinski definition) is 3. The summed E-state index contributed by atoms with van der Waals surface area (Å²) >= 11 is 6.05. The average Bonchev–Trinajstić information content (AvgIpc) is 3.20. The molecule has 0 spiro atoms. The molecule has 4 rings (SSSR count). The molecule has 0 aliphatic heterocycles. The minimum Gasteiger partial charge on any atom is -0.269 e. The molecule has 0 aliphatic carbocycles. The van der Waals surface area contributed by atoms with Gasteiger partial charge in [-0.1, -0.05) is 23.7 Å². The Morgan fingerprint density at radius 1 is 1.10 bits per heavy atom. The zero-order chi connectivity index (χ0) is 21.6. The number of aromatic nitrogens is 5. The monoisotopic (exact) mass is 433 g/mol. The van der Waals surface area contributed by atoms with Crippen LogP contribution in [0.5, 0.6) is 0 Å². The lowest BCUT2D eigenvalue weighted by atomic mass is 10.1. The van der Waals surface area contributed by atoms with Gasteiger partial charge in [0.25, 0.3) is 0 Å². The van der Waals surface area contributed by atoms with Gasteiger partial charge < -0.3 is 0 Å². The highest BCUT2D eigenvalue weighted by Gasteiger charge is 2.36. The third-order valence-corrected chi connectivity index (χ3v) is 5.32. The Morgan fingerprint density at radius 3 is 2.50 bits per heavy atom. The highest BCUT2D eigenvalue weighted by molar-refractivity contribution is 6.30. The Morgan fingerprint density at radius 2 is 1.87 bits per heavy atom. The lowest BCUT2D eigenvalue weighted by Gasteiger charge is -2.12. The van der Waals surface area contributed by atoms with Crippen LogP contribution in [-0.2, 0) is 19.3 Å². The molecule has 0 amide bonds. The van der Waals surface area contributed by atoms with E-state index in [9.17, 15) is 13.2 Å². The number of halogens is 4. The molecule has 0 N–H and O–H groups in total. The predicted molar refractivity (Wildman–Crippen MR) is 109 cm³/mol. The van der Waals surface area contributed by atoms with Crippen LogP contribution in [0.25, 0.3) is 22.3 Å². The average molecular weight is 434 g/mol. The van der Waals surface area contributed by atoms with Crippen LogP contribution in [0, 0.1) is 13.8 Å². The zero-order valence-electron chi connectivity index (χ0n) is 16.6. The van der Waals surface area contributed by atoms with E-state index in [4.69, 9.17) is 11.6 Å². The highest BCUT2D eigenvalue weighted by atomic mass is 35.5. The van der Waals surface area contributed by atoms with Crippen molar-refractivity contribution < 1.29 is 13.2 Å². The molecule has 3 heterocycles. The molecule has 0 fully saturated rings. The van der Waals surface area contributed by atoms with Crippen LogP contribution in [-0.4, -0.2) is 24.5 Å². The molecule has 0 atom stereocenters. The van der Waals surface area contributed by atoms with Crippen LogP contribution in [0.1, 0.15) is 29.4 Å². The second kappa shape index (κ2) is 7.43. The Bertz CT molecular complexity index is 1240. The van der Waals surface area contributed by atoms with E-state index < -0.39 is 11.7 Å². The van der Waals surface area contributed by atoms with Crippen LogP contribution < -0.4 is 0 Å². The number of rotatable bonds is 4. The Kier molecular flexibility index (Phi) is 5.05. The van der Waals surface area contributed by atoms with Crippen LogP contribution in [0.4, 0.5) is 13.2 Å². The first kappa shape index (κ1) is 20.4. The zero-order valence-corrected chi connectivity index (χ0v) is 17.4. The molecule has 156 valence electrons. The van der Waals surface area contributed by atoms with Crippen LogP contribution >= 0.6 is 11.6 Å². The minimum atomic E-state index is -4.54. The first-order valence-electron chi connectivity index (χ1n) is 9.41. The van der Waals surface area contributed by atoms with E-state index in [1.54, 1.807) is 36.0 Å². The summed E-state index contributed by atoms with van der Waals surface area (Å²) in [5.41, 5.74) is 2.08. The van der Waals surface area contributed by atoms with Gasteiger partial charge in [0, 0.05) is 22.8 Å². The molecule has 0 saturated heterocycles. The maximum absolute atomic E-state index is 14.0. The van der Waals surface area contributed by atoms with E-state index in [2.05, 4.69) is 15.2 Å². The number of fused-ring (bicyclic) bond motifs is 1. The van der Waals surface area contributed by atoms with Gasteiger partial charge in [0.2, 0.25) is 0 Å². The van der Waals surface area contributed by atoms with Gasteiger partial charge in [-0.05, 0) is 44.5 Å². The number of pyridine rings is 1. The van der Waals surface area contributed by atoms with Gasteiger partial charge >= 0.3 is 6.18 Å². The summed E-state index contributed by atoms with van der Waals surface area (Å²) in [4.78, 5) is 4.58. The van der Waals surface area contributed by atoms with Crippen molar-refractivity contribution in [3.8, 4) is 11.3 Å². The van der Waals surface area contributed by atoms with Crippen molar-refractivity contribution in [1.29, 1.82) is 0 Å². The van der Waals surface area contributed by atoms with Gasteiger partial charge in [0.05, 0.1) is 35.1 Å². The van der Waals surface area contributed by atoms with Gasteiger partial charge in [-0.15, -0.1) is 0 Å². The van der Waals surface area contributed by atoms with Crippen molar-refractivity contribution in [3.63, 3.8) is 0 Å². The van der Waals surface area contributed by atoms with Crippen molar-refractivity contribution in [2.75, 3.05) is 0 Å². The highest BCUT2D eigenvalue weighted by Crippen LogP contribution is 2.38. The van der Waals surface area contributed by atoms with Crippen molar-refractivity contribution in [3.05, 3.63) is 64.1 Å². The summed E-state index contributed by atoms with van der Waals surface area (Å²) in [6, 6.07) is 8.22. The van der Waals surface area contributed by atoms with Gasteiger partial charge in [-0.25, -0.2) is 9.67 Å². The number of hydrogen-bond donors (Lipinski definition) is 0. The number of alkyl halides is 3. The van der Waals surface area contributed by atoms with Crippen molar-refractivity contribution >= 4 is 22.6 Å². The molecule has 5 nitrogen and oxygen atoms in total. The first-order valence-corrected chi connectivity index (χ1v) is 9.79. The topological polar surface area (TPSA) is 48.5 Å². The van der Waals surface area contributed by atoms with E-state index >= 15 is 0 Å². The second-order valence-electron chi connectivity index (χ2n) is 7.08. The fourth-order valence-corrected chi connectivity index (χ4v) is 3.86. The first-order chi connectivity index (χ1) is 14.2. The molecule has 0 saturated carbocycles. The summed E-state index contributed by atoms with van der Waals surface area (Å²) in [7, 11) is 0. The predicted octanol–water partition coefficient (Wildman–Crippen LogP) is 5.65. The molecule has 0 radical (unpaired) electrons. The molecule has 9 heteroatoms. The SMILES string of the molecule is CCn1ncc(-c2cc(C(F)(F)F)c3c(C)nn(Cc4cccc(Cl)c4)c3n2)c1C. The fourth-order valence-electron chi connectivity index (χ4n) is 3.65. The third-order valence-electron chi connectivity index (χ3n) is 5.08. The lowest BCUT2D eigenvalue weighted by Crippen LogP contribution is -2.09. The van der Waals surface area contributed by atoms with E-state index in [-0.39, 0.29) is 29.0 Å². The molecule has 0 aliphatic rings. The van der Waals surface area contributed by atoms with Crippen LogP contribution in [0.3, 0.4) is 0 Å². The van der Waals surface area contributed by atoms with E-state index in [1.165, 1.54) is 4.68 Å². The van der Waals surface area contributed by atoms with Crippen LogP contribution in [0.15, 0.2) is 36.5 Å². The smallest absolute Gasteiger partial charge is 0.269 e. The summed E-state index contributed by atoms with van der Waals surface area (Å²) in [6.45, 7) is 6.18. The Balaban J connectivity index is 1.95. The standard InChI is InChI=1S/C21H19ClF3N5/c1-4-29-13(3)16(10-26-29)18-9-17(21(23,24)25)19-12(2)28-30(20(19)27-18)11-14-6-5-7-15(22)8-14/h5-10H,4,11H2,1-3H3. The number of nitrogens with zero attached hydrogens (tertiary/aromatic N) is 5. The molecular weight excluding hydrogens is 415 g/mol. The molecular formula is C21H19ClF3N5. The molecule has 3 aromatic heterocycles. The maximum Gasteiger partial charge on any atom is 0.417 e. The summed E-state index contributed by atoms with van der Waals surface area (Å²) < 4.78 is 45.1. The summed E-state index contributed by atoms with van der Waals surface area (Å²) in [5.74, 6) is 0. The quantitative estimate of drug-likeness (QED) is 0.417. The second-order valence-corrected chi connectivity index (χ2v) is 7.52. The van der Waals surface area contributed by atoms with E-state index in [0.29, 0.717) is 17.1 Å². The van der Waals surface area contributed by atoms with E-state index in [0.717, 1.165) is 17.3 Å².